The number of allylic oxidation sites excluding steroid dienone is 1. The highest BCUT2D eigenvalue weighted by Crippen LogP contribution is 2.50. The molecule has 1 heterocycles. The van der Waals surface area contributed by atoms with Crippen molar-refractivity contribution in [2.45, 2.75) is 70.6 Å². The number of piperidine rings is 1. The van der Waals surface area contributed by atoms with Crippen LogP contribution in [0.3, 0.4) is 0 Å². The number of amides is 1. The second-order valence-corrected chi connectivity index (χ2v) is 11.8. The minimum Gasteiger partial charge on any atom is -0.352 e. The number of rotatable bonds is 5. The number of alkyl halides is 3. The molecular formula is C31H36F4N2O. The van der Waals surface area contributed by atoms with E-state index in [-0.39, 0.29) is 35.4 Å². The van der Waals surface area contributed by atoms with Gasteiger partial charge in [0.05, 0.1) is 11.0 Å². The Morgan fingerprint density at radius 1 is 1.16 bits per heavy atom. The summed E-state index contributed by atoms with van der Waals surface area (Å²) in [6, 6.07) is 11.4. The number of nitrogens with one attached hydrogen (secondary N) is 1. The quantitative estimate of drug-likeness (QED) is 0.426. The van der Waals surface area contributed by atoms with Crippen LogP contribution in [0.15, 0.2) is 48.5 Å². The van der Waals surface area contributed by atoms with Crippen molar-refractivity contribution in [3.05, 3.63) is 76.6 Å². The summed E-state index contributed by atoms with van der Waals surface area (Å²) < 4.78 is 53.2. The molecule has 3 nitrogen and oxygen atoms in total. The van der Waals surface area contributed by atoms with Crippen molar-refractivity contribution in [2.24, 2.45) is 17.3 Å². The van der Waals surface area contributed by atoms with Gasteiger partial charge in [0.1, 0.15) is 5.82 Å². The minimum absolute atomic E-state index is 0.0679. The summed E-state index contributed by atoms with van der Waals surface area (Å²) in [5, 5.41) is 2.85. The van der Waals surface area contributed by atoms with Crippen LogP contribution in [0.25, 0.3) is 6.08 Å². The van der Waals surface area contributed by atoms with Gasteiger partial charge in [0, 0.05) is 24.5 Å². The number of carbonyl (C=O) groups is 1. The van der Waals surface area contributed by atoms with Gasteiger partial charge < -0.3 is 5.32 Å². The van der Waals surface area contributed by atoms with Gasteiger partial charge in [-0.25, -0.2) is 4.39 Å². The summed E-state index contributed by atoms with van der Waals surface area (Å²) in [5.74, 6) is -0.596. The molecule has 3 aliphatic rings. The predicted octanol–water partition coefficient (Wildman–Crippen LogP) is 6.96. The number of carbonyl (C=O) groups excluding carboxylic acids is 1. The lowest BCUT2D eigenvalue weighted by atomic mass is 9.67. The van der Waals surface area contributed by atoms with E-state index in [2.05, 4.69) is 53.6 Å². The first-order chi connectivity index (χ1) is 17.9. The summed E-state index contributed by atoms with van der Waals surface area (Å²) in [7, 11) is 0. The monoisotopic (exact) mass is 528 g/mol. The Morgan fingerprint density at radius 2 is 1.92 bits per heavy atom. The standard InChI is InChI=1S/C31H36F4N2O/c1-20(2)30(28(38)36-18-22-14-24(31(33,34)35)16-25(32)15-22)11-9-26(17-30)37-13-12-29(21(3)19-37)10-8-23-6-4-5-7-27(23)29/h4-8,10,14-16,20-21,26H,9,11-13,17-19H2,1-3H3,(H,36,38)/t21-,26+,29-,30-/m0/s1. The van der Waals surface area contributed by atoms with Crippen LogP contribution in [0.2, 0.25) is 0 Å². The van der Waals surface area contributed by atoms with Crippen LogP contribution < -0.4 is 5.32 Å². The Morgan fingerprint density at radius 3 is 2.63 bits per heavy atom. The lowest BCUT2D eigenvalue weighted by molar-refractivity contribution is -0.137. The normalized spacial score (nSPS) is 29.3. The van der Waals surface area contributed by atoms with Crippen molar-refractivity contribution in [1.82, 2.24) is 10.2 Å². The van der Waals surface area contributed by atoms with E-state index in [9.17, 15) is 22.4 Å². The average Bonchev–Trinajstić information content (AvgIpc) is 3.48. The molecule has 1 amide bonds. The van der Waals surface area contributed by atoms with Crippen LogP contribution in [0.1, 0.15) is 68.7 Å². The summed E-state index contributed by atoms with van der Waals surface area (Å²) in [5.41, 5.74) is 1.27. The Kier molecular flexibility index (Phi) is 6.95. The lowest BCUT2D eigenvalue weighted by Crippen LogP contribution is -2.51. The first-order valence-corrected chi connectivity index (χ1v) is 13.6. The van der Waals surface area contributed by atoms with Crippen LogP contribution in [0.5, 0.6) is 0 Å². The molecule has 0 aromatic heterocycles. The molecule has 204 valence electrons. The second-order valence-electron chi connectivity index (χ2n) is 11.8. The van der Waals surface area contributed by atoms with Gasteiger partial charge in [-0.3, -0.25) is 9.69 Å². The molecular weight excluding hydrogens is 492 g/mol. The molecule has 2 aromatic rings. The van der Waals surface area contributed by atoms with E-state index >= 15 is 0 Å². The predicted molar refractivity (Wildman–Crippen MR) is 141 cm³/mol. The third kappa shape index (κ3) is 4.67. The molecule has 1 spiro atoms. The fraction of sp³-hybridized carbons (Fsp3) is 0.516. The van der Waals surface area contributed by atoms with Gasteiger partial charge in [-0.05, 0) is 79.0 Å². The molecule has 2 aliphatic carbocycles. The zero-order chi connectivity index (χ0) is 27.3. The molecule has 0 radical (unpaired) electrons. The van der Waals surface area contributed by atoms with Crippen LogP contribution >= 0.6 is 0 Å². The zero-order valence-corrected chi connectivity index (χ0v) is 22.2. The average molecular weight is 529 g/mol. The van der Waals surface area contributed by atoms with E-state index in [0.29, 0.717) is 12.0 Å². The fourth-order valence-electron chi connectivity index (χ4n) is 7.18. The largest absolute Gasteiger partial charge is 0.416 e. The zero-order valence-electron chi connectivity index (χ0n) is 22.2. The molecule has 0 bridgehead atoms. The molecule has 1 aliphatic heterocycles. The highest BCUT2D eigenvalue weighted by atomic mass is 19.4. The van der Waals surface area contributed by atoms with Gasteiger partial charge in [0.2, 0.25) is 5.91 Å². The summed E-state index contributed by atoms with van der Waals surface area (Å²) >= 11 is 0. The molecule has 2 fully saturated rings. The number of hydrogen-bond donors (Lipinski definition) is 1. The number of nitrogens with zero attached hydrogens (tertiary/aromatic N) is 1. The summed E-state index contributed by atoms with van der Waals surface area (Å²) in [4.78, 5) is 16.1. The van der Waals surface area contributed by atoms with Gasteiger partial charge in [-0.15, -0.1) is 0 Å². The topological polar surface area (TPSA) is 32.3 Å². The maximum atomic E-state index is 13.8. The molecule has 5 rings (SSSR count). The summed E-state index contributed by atoms with van der Waals surface area (Å²) in [6.45, 7) is 8.20. The Bertz CT molecular complexity index is 1240. The molecule has 2 aromatic carbocycles. The van der Waals surface area contributed by atoms with Crippen LogP contribution in [-0.2, 0) is 22.9 Å². The molecule has 0 unspecified atom stereocenters. The molecule has 1 N–H and O–H groups in total. The number of fused-ring (bicyclic) bond motifs is 2. The van der Waals surface area contributed by atoms with Crippen molar-refractivity contribution in [3.63, 3.8) is 0 Å². The van der Waals surface area contributed by atoms with E-state index in [4.69, 9.17) is 0 Å². The van der Waals surface area contributed by atoms with Gasteiger partial charge in [-0.1, -0.05) is 57.2 Å². The first-order valence-electron chi connectivity index (χ1n) is 13.6. The molecule has 1 saturated heterocycles. The maximum Gasteiger partial charge on any atom is 0.416 e. The minimum atomic E-state index is -4.64. The van der Waals surface area contributed by atoms with E-state index in [1.165, 1.54) is 11.1 Å². The second kappa shape index (κ2) is 9.82. The Hall–Kier alpha value is -2.67. The number of benzene rings is 2. The third-order valence-corrected chi connectivity index (χ3v) is 9.56. The smallest absolute Gasteiger partial charge is 0.352 e. The van der Waals surface area contributed by atoms with Gasteiger partial charge >= 0.3 is 6.18 Å². The summed E-state index contributed by atoms with van der Waals surface area (Å²) in [6.07, 6.45) is 3.41. The van der Waals surface area contributed by atoms with Crippen molar-refractivity contribution in [1.29, 1.82) is 0 Å². The Balaban J connectivity index is 1.26. The SMILES string of the molecule is CC(C)[C@]1(C(=O)NCc2cc(F)cc(C(F)(F)F)c2)CC[C@@H](N2CC[C@@]3(C=Cc4ccccc43)[C@@H](C)C2)C1. The van der Waals surface area contributed by atoms with Crippen molar-refractivity contribution < 1.29 is 22.4 Å². The molecule has 38 heavy (non-hydrogen) atoms. The van der Waals surface area contributed by atoms with Gasteiger partial charge in [-0.2, -0.15) is 13.2 Å². The number of hydrogen-bond acceptors (Lipinski definition) is 2. The van der Waals surface area contributed by atoms with Crippen molar-refractivity contribution in [3.8, 4) is 0 Å². The number of halogens is 4. The Labute approximate surface area is 222 Å². The highest BCUT2D eigenvalue weighted by Gasteiger charge is 2.51. The van der Waals surface area contributed by atoms with E-state index in [0.717, 1.165) is 50.9 Å². The van der Waals surface area contributed by atoms with Crippen LogP contribution in [0.4, 0.5) is 17.6 Å². The highest BCUT2D eigenvalue weighted by molar-refractivity contribution is 5.83. The van der Waals surface area contributed by atoms with Gasteiger partial charge in [0.15, 0.2) is 0 Å². The van der Waals surface area contributed by atoms with Crippen LogP contribution in [-0.4, -0.2) is 29.9 Å². The van der Waals surface area contributed by atoms with Crippen molar-refractivity contribution >= 4 is 12.0 Å². The lowest BCUT2D eigenvalue weighted by Gasteiger charge is -2.47. The molecule has 4 atom stereocenters. The molecule has 1 saturated carbocycles. The van der Waals surface area contributed by atoms with Gasteiger partial charge in [0.25, 0.3) is 0 Å². The van der Waals surface area contributed by atoms with E-state index in [1.54, 1.807) is 0 Å². The van der Waals surface area contributed by atoms with Crippen LogP contribution in [0, 0.1) is 23.1 Å². The molecule has 7 heteroatoms. The number of likely N-dealkylation sites (tertiary alicyclic amines) is 1. The van der Waals surface area contributed by atoms with Crippen molar-refractivity contribution in [2.75, 3.05) is 13.1 Å². The first kappa shape index (κ1) is 26.9. The van der Waals surface area contributed by atoms with E-state index < -0.39 is 23.0 Å². The van der Waals surface area contributed by atoms with E-state index in [1.807, 2.05) is 13.8 Å². The maximum absolute atomic E-state index is 13.8. The third-order valence-electron chi connectivity index (χ3n) is 9.56. The fourth-order valence-corrected chi connectivity index (χ4v) is 7.18.